The van der Waals surface area contributed by atoms with Crippen molar-refractivity contribution in [1.82, 2.24) is 5.43 Å². The fourth-order valence-electron chi connectivity index (χ4n) is 3.16. The van der Waals surface area contributed by atoms with E-state index in [1.807, 2.05) is 6.92 Å². The second-order valence-electron chi connectivity index (χ2n) is 6.01. The molecule has 108 valence electrons. The van der Waals surface area contributed by atoms with E-state index in [2.05, 4.69) is 10.5 Å². The van der Waals surface area contributed by atoms with Crippen molar-refractivity contribution in [2.24, 2.45) is 16.9 Å². The molecule has 2 rings (SSSR count). The summed E-state index contributed by atoms with van der Waals surface area (Å²) >= 11 is 0. The number of hydrogen-bond acceptors (Lipinski definition) is 2. The predicted octanol–water partition coefficient (Wildman–Crippen LogP) is 3.59. The highest BCUT2D eigenvalue weighted by molar-refractivity contribution is 5.86. The third-order valence-electron chi connectivity index (χ3n) is 4.57. The second kappa shape index (κ2) is 7.01. The molecule has 0 radical (unpaired) electrons. The third-order valence-corrected chi connectivity index (χ3v) is 4.57. The molecule has 0 aromatic rings. The van der Waals surface area contributed by atoms with Gasteiger partial charge in [0.05, 0.1) is 0 Å². The number of hydrogen-bond donors (Lipinski definition) is 1. The number of carbonyl (C=O) groups is 1. The van der Waals surface area contributed by atoms with Gasteiger partial charge in [-0.15, -0.1) is 0 Å². The number of halogens is 1. The van der Waals surface area contributed by atoms with Gasteiger partial charge in [-0.05, 0) is 51.4 Å². The lowest BCUT2D eigenvalue weighted by molar-refractivity contribution is -0.126. The number of nitrogens with zero attached hydrogens (tertiary/aromatic N) is 1. The molecule has 0 bridgehead atoms. The van der Waals surface area contributed by atoms with Crippen LogP contribution in [0.5, 0.6) is 0 Å². The molecule has 3 nitrogen and oxygen atoms in total. The van der Waals surface area contributed by atoms with E-state index >= 15 is 0 Å². The van der Waals surface area contributed by atoms with Crippen LogP contribution < -0.4 is 5.43 Å². The number of hydrazone groups is 1. The summed E-state index contributed by atoms with van der Waals surface area (Å²) in [5.74, 6) is 0.465. The SMILES string of the molecule is C/C(=N\NC(=O)C1CCC(F)CC1)C1CCCCC1. The van der Waals surface area contributed by atoms with Crippen molar-refractivity contribution in [3.8, 4) is 0 Å². The minimum absolute atomic E-state index is 0.0259. The Hall–Kier alpha value is -0.930. The first-order valence-corrected chi connectivity index (χ1v) is 7.65. The lowest BCUT2D eigenvalue weighted by atomic mass is 9.86. The van der Waals surface area contributed by atoms with Crippen LogP contribution in [0, 0.1) is 11.8 Å². The van der Waals surface area contributed by atoms with Gasteiger partial charge in [-0.1, -0.05) is 19.3 Å². The average Bonchev–Trinajstić information content (AvgIpc) is 2.46. The van der Waals surface area contributed by atoms with Gasteiger partial charge in [0.15, 0.2) is 0 Å². The van der Waals surface area contributed by atoms with Crippen LogP contribution >= 0.6 is 0 Å². The van der Waals surface area contributed by atoms with Crippen LogP contribution in [0.1, 0.15) is 64.7 Å². The molecule has 0 aliphatic heterocycles. The van der Waals surface area contributed by atoms with Crippen molar-refractivity contribution in [2.45, 2.75) is 70.9 Å². The van der Waals surface area contributed by atoms with Gasteiger partial charge in [-0.25, -0.2) is 9.82 Å². The standard InChI is InChI=1S/C15H25FN2O/c1-11(12-5-3-2-4-6-12)17-18-15(19)13-7-9-14(16)10-8-13/h12-14H,2-10H2,1H3,(H,18,19)/b17-11+. The largest absolute Gasteiger partial charge is 0.273 e. The van der Waals surface area contributed by atoms with Gasteiger partial charge in [-0.3, -0.25) is 4.79 Å². The Balaban J connectivity index is 1.78. The minimum atomic E-state index is -0.712. The zero-order valence-electron chi connectivity index (χ0n) is 11.8. The summed E-state index contributed by atoms with van der Waals surface area (Å²) in [5, 5.41) is 4.27. The molecule has 0 spiro atoms. The summed E-state index contributed by atoms with van der Waals surface area (Å²) in [5.41, 5.74) is 3.74. The minimum Gasteiger partial charge on any atom is -0.273 e. The molecule has 2 aliphatic carbocycles. The molecule has 0 atom stereocenters. The summed E-state index contributed by atoms with van der Waals surface area (Å²) in [6.45, 7) is 2.01. The van der Waals surface area contributed by atoms with E-state index in [9.17, 15) is 9.18 Å². The quantitative estimate of drug-likeness (QED) is 0.617. The second-order valence-corrected chi connectivity index (χ2v) is 6.01. The Morgan fingerprint density at radius 2 is 1.63 bits per heavy atom. The van der Waals surface area contributed by atoms with Gasteiger partial charge in [-0.2, -0.15) is 5.10 Å². The molecule has 0 heterocycles. The average molecular weight is 268 g/mol. The molecule has 2 saturated carbocycles. The van der Waals surface area contributed by atoms with Gasteiger partial charge < -0.3 is 0 Å². The first kappa shape index (κ1) is 14.5. The first-order chi connectivity index (χ1) is 9.16. The van der Waals surface area contributed by atoms with Crippen LogP contribution in [0.2, 0.25) is 0 Å². The fraction of sp³-hybridized carbons (Fsp3) is 0.867. The van der Waals surface area contributed by atoms with Crippen LogP contribution in [0.3, 0.4) is 0 Å². The van der Waals surface area contributed by atoms with E-state index < -0.39 is 6.17 Å². The van der Waals surface area contributed by atoms with Crippen molar-refractivity contribution in [3.63, 3.8) is 0 Å². The van der Waals surface area contributed by atoms with Gasteiger partial charge in [0.2, 0.25) is 5.91 Å². The van der Waals surface area contributed by atoms with Gasteiger partial charge >= 0.3 is 0 Å². The maximum absolute atomic E-state index is 13.0. The lowest BCUT2D eigenvalue weighted by Crippen LogP contribution is -2.31. The predicted molar refractivity (Wildman–Crippen MR) is 74.7 cm³/mol. The molecule has 19 heavy (non-hydrogen) atoms. The fourth-order valence-corrected chi connectivity index (χ4v) is 3.16. The summed E-state index contributed by atoms with van der Waals surface area (Å²) in [6.07, 6.45) is 7.89. The number of amides is 1. The molecule has 2 aliphatic rings. The maximum Gasteiger partial charge on any atom is 0.243 e. The Morgan fingerprint density at radius 3 is 2.26 bits per heavy atom. The first-order valence-electron chi connectivity index (χ1n) is 7.65. The van der Waals surface area contributed by atoms with Crippen LogP contribution in [0.25, 0.3) is 0 Å². The van der Waals surface area contributed by atoms with Crippen molar-refractivity contribution < 1.29 is 9.18 Å². The van der Waals surface area contributed by atoms with Gasteiger partial charge in [0, 0.05) is 11.6 Å². The maximum atomic E-state index is 13.0. The summed E-state index contributed by atoms with van der Waals surface area (Å²) in [4.78, 5) is 12.0. The molecule has 1 N–H and O–H groups in total. The van der Waals surface area contributed by atoms with E-state index in [1.54, 1.807) is 0 Å². The van der Waals surface area contributed by atoms with E-state index in [0.717, 1.165) is 5.71 Å². The van der Waals surface area contributed by atoms with Gasteiger partial charge in [0.1, 0.15) is 6.17 Å². The highest BCUT2D eigenvalue weighted by Gasteiger charge is 2.26. The van der Waals surface area contributed by atoms with Crippen LogP contribution in [0.15, 0.2) is 5.10 Å². The van der Waals surface area contributed by atoms with Crippen molar-refractivity contribution in [2.75, 3.05) is 0 Å². The third kappa shape index (κ3) is 4.29. The monoisotopic (exact) mass is 268 g/mol. The highest BCUT2D eigenvalue weighted by atomic mass is 19.1. The lowest BCUT2D eigenvalue weighted by Gasteiger charge is -2.23. The topological polar surface area (TPSA) is 41.5 Å². The Morgan fingerprint density at radius 1 is 1.00 bits per heavy atom. The number of nitrogens with one attached hydrogen (secondary N) is 1. The molecule has 0 saturated heterocycles. The summed E-state index contributed by atoms with van der Waals surface area (Å²) < 4.78 is 13.0. The Kier molecular flexibility index (Phi) is 5.34. The zero-order valence-corrected chi connectivity index (χ0v) is 11.8. The molecular weight excluding hydrogens is 243 g/mol. The summed E-state index contributed by atoms with van der Waals surface area (Å²) in [6, 6.07) is 0. The normalized spacial score (nSPS) is 30.1. The molecule has 1 amide bonds. The number of carbonyl (C=O) groups excluding carboxylic acids is 1. The van der Waals surface area contributed by atoms with E-state index in [-0.39, 0.29) is 11.8 Å². The zero-order chi connectivity index (χ0) is 13.7. The molecule has 0 aromatic heterocycles. The molecule has 4 heteroatoms. The smallest absolute Gasteiger partial charge is 0.243 e. The summed E-state index contributed by atoms with van der Waals surface area (Å²) in [7, 11) is 0. The van der Waals surface area contributed by atoms with Crippen LogP contribution in [-0.2, 0) is 4.79 Å². The van der Waals surface area contributed by atoms with Crippen molar-refractivity contribution in [1.29, 1.82) is 0 Å². The van der Waals surface area contributed by atoms with Crippen molar-refractivity contribution in [3.05, 3.63) is 0 Å². The molecule has 0 unspecified atom stereocenters. The number of rotatable bonds is 3. The Labute approximate surface area is 115 Å². The molecular formula is C15H25FN2O. The molecule has 2 fully saturated rings. The number of alkyl halides is 1. The molecule has 0 aromatic carbocycles. The Bertz CT molecular complexity index is 329. The van der Waals surface area contributed by atoms with Gasteiger partial charge in [0.25, 0.3) is 0 Å². The van der Waals surface area contributed by atoms with E-state index in [0.29, 0.717) is 31.6 Å². The van der Waals surface area contributed by atoms with Crippen molar-refractivity contribution >= 4 is 11.6 Å². The van der Waals surface area contributed by atoms with E-state index in [4.69, 9.17) is 0 Å². The van der Waals surface area contributed by atoms with Crippen LogP contribution in [0.4, 0.5) is 4.39 Å². The van der Waals surface area contributed by atoms with Crippen LogP contribution in [-0.4, -0.2) is 17.8 Å². The van der Waals surface area contributed by atoms with E-state index in [1.165, 1.54) is 32.1 Å². The highest BCUT2D eigenvalue weighted by Crippen LogP contribution is 2.27.